The molecule has 0 radical (unpaired) electrons. The van der Waals surface area contributed by atoms with Gasteiger partial charge in [-0.3, -0.25) is 14.1 Å². The van der Waals surface area contributed by atoms with Crippen molar-refractivity contribution in [1.82, 2.24) is 14.1 Å². The summed E-state index contributed by atoms with van der Waals surface area (Å²) in [6.07, 6.45) is 3.24. The molecule has 0 aliphatic carbocycles. The van der Waals surface area contributed by atoms with E-state index in [2.05, 4.69) is 4.98 Å². The van der Waals surface area contributed by atoms with E-state index in [4.69, 9.17) is 41.3 Å². The Labute approximate surface area is 245 Å². The largest absolute Gasteiger partial charge is 0.496 e. The van der Waals surface area contributed by atoms with Gasteiger partial charge in [-0.25, -0.2) is 9.59 Å². The number of rotatable bonds is 3. The minimum Gasteiger partial charge on any atom is -0.408 e. The Morgan fingerprint density at radius 3 is 1.95 bits per heavy atom. The number of aliphatic hydroxyl groups is 1. The van der Waals surface area contributed by atoms with E-state index in [0.29, 0.717) is 43.3 Å². The van der Waals surface area contributed by atoms with Crippen LogP contribution in [0.15, 0.2) is 61.1 Å². The van der Waals surface area contributed by atoms with E-state index in [1.165, 1.54) is 9.13 Å². The number of fused-ring (bicyclic) bond motifs is 2. The van der Waals surface area contributed by atoms with Crippen LogP contribution in [0.25, 0.3) is 33.3 Å². The number of halogens is 2. The molecule has 0 amide bonds. The zero-order valence-corrected chi connectivity index (χ0v) is 24.8. The summed E-state index contributed by atoms with van der Waals surface area (Å²) in [5, 5.41) is 10.3. The molecule has 0 atom stereocenters. The lowest BCUT2D eigenvalue weighted by Crippen LogP contribution is -2.41. The summed E-state index contributed by atoms with van der Waals surface area (Å²) in [7, 11) is 2.70. The molecule has 41 heavy (non-hydrogen) atoms. The average Bonchev–Trinajstić information content (AvgIpc) is 3.43. The van der Waals surface area contributed by atoms with E-state index in [1.54, 1.807) is 56.8 Å². The second kappa shape index (κ2) is 10.5. The molecule has 1 aliphatic rings. The fourth-order valence-corrected chi connectivity index (χ4v) is 4.97. The first-order chi connectivity index (χ1) is 19.2. The predicted octanol–water partition coefficient (Wildman–Crippen LogP) is 4.42. The first-order valence-electron chi connectivity index (χ1n) is 12.7. The SMILES string of the molecule is Cn1c(=O)oc2cc(Cl)c(-c3cnccc3CO)cc21.Cn1c(=O)oc2cc(Cl)c(B3OC(C)(C)C(C)(C)O3)cc21. The van der Waals surface area contributed by atoms with Crippen LogP contribution in [-0.4, -0.2) is 37.5 Å². The summed E-state index contributed by atoms with van der Waals surface area (Å²) in [5.41, 5.74) is 4.14. The Morgan fingerprint density at radius 1 is 0.854 bits per heavy atom. The van der Waals surface area contributed by atoms with Gasteiger partial charge in [-0.15, -0.1) is 0 Å². The van der Waals surface area contributed by atoms with Crippen molar-refractivity contribution < 1.29 is 23.2 Å². The predicted molar refractivity (Wildman–Crippen MR) is 158 cm³/mol. The molecule has 2 aromatic carbocycles. The molecule has 3 aromatic heterocycles. The standard InChI is InChI=1S/C14H17BClNO4.C14H11ClN2O3/c1-13(2)14(3,4)21-15(20-13)8-6-10-11(7-9(8)16)19-12(18)17(10)5;1-17-12-4-9(10-6-16-3-2-8(10)7-18)11(15)5-13(12)20-14(17)19/h6-7H,1-5H3;2-6,18H,7H2,1H3. The van der Waals surface area contributed by atoms with Gasteiger partial charge in [0, 0.05) is 60.2 Å². The van der Waals surface area contributed by atoms with Gasteiger partial charge in [0.1, 0.15) is 0 Å². The van der Waals surface area contributed by atoms with Crippen LogP contribution in [0.3, 0.4) is 0 Å². The van der Waals surface area contributed by atoms with Crippen molar-refractivity contribution in [2.45, 2.75) is 45.5 Å². The van der Waals surface area contributed by atoms with E-state index >= 15 is 0 Å². The van der Waals surface area contributed by atoms with E-state index in [9.17, 15) is 14.7 Å². The quantitative estimate of drug-likeness (QED) is 0.302. The number of benzene rings is 2. The highest BCUT2D eigenvalue weighted by molar-refractivity contribution is 6.66. The molecule has 1 N–H and O–H groups in total. The number of pyridine rings is 1. The lowest BCUT2D eigenvalue weighted by Gasteiger charge is -2.32. The third-order valence-corrected chi connectivity index (χ3v) is 8.31. The minimum absolute atomic E-state index is 0.115. The Morgan fingerprint density at radius 2 is 1.39 bits per heavy atom. The molecule has 1 saturated heterocycles. The first kappa shape index (κ1) is 29.2. The zero-order chi connectivity index (χ0) is 29.9. The molecular formula is C28H28BCl2N3O7. The van der Waals surface area contributed by atoms with Gasteiger partial charge in [-0.05, 0) is 51.5 Å². The monoisotopic (exact) mass is 599 g/mol. The minimum atomic E-state index is -0.572. The fourth-order valence-electron chi connectivity index (χ4n) is 4.47. The van der Waals surface area contributed by atoms with Gasteiger partial charge >= 0.3 is 18.6 Å². The summed E-state index contributed by atoms with van der Waals surface area (Å²) in [6, 6.07) is 8.49. The Kier molecular flexibility index (Phi) is 7.46. The van der Waals surface area contributed by atoms with Crippen molar-refractivity contribution in [1.29, 1.82) is 0 Å². The van der Waals surface area contributed by atoms with Crippen LogP contribution >= 0.6 is 23.2 Å². The first-order valence-corrected chi connectivity index (χ1v) is 13.5. The molecule has 6 rings (SSSR count). The van der Waals surface area contributed by atoms with Crippen LogP contribution in [0.5, 0.6) is 0 Å². The molecule has 1 aliphatic heterocycles. The topological polar surface area (TPSA) is 122 Å². The van der Waals surface area contributed by atoms with E-state index < -0.39 is 29.8 Å². The fraction of sp³-hybridized carbons (Fsp3) is 0.321. The van der Waals surface area contributed by atoms with Crippen LogP contribution in [0.1, 0.15) is 33.3 Å². The van der Waals surface area contributed by atoms with Crippen LogP contribution in [0.4, 0.5) is 0 Å². The molecule has 5 aromatic rings. The molecular weight excluding hydrogens is 572 g/mol. The summed E-state index contributed by atoms with van der Waals surface area (Å²) >= 11 is 12.5. The molecule has 13 heteroatoms. The van der Waals surface area contributed by atoms with Crippen molar-refractivity contribution in [3.05, 3.63) is 79.4 Å². The Hall–Kier alpha value is -3.35. The van der Waals surface area contributed by atoms with Gasteiger partial charge in [0.2, 0.25) is 0 Å². The van der Waals surface area contributed by atoms with Gasteiger partial charge < -0.3 is 23.2 Å². The van der Waals surface area contributed by atoms with Crippen molar-refractivity contribution in [3.8, 4) is 11.1 Å². The molecule has 0 unspecified atom stereocenters. The van der Waals surface area contributed by atoms with Gasteiger partial charge in [0.05, 0.1) is 33.9 Å². The maximum atomic E-state index is 11.6. The molecule has 4 heterocycles. The molecule has 0 saturated carbocycles. The zero-order valence-electron chi connectivity index (χ0n) is 23.3. The second-order valence-corrected chi connectivity index (χ2v) is 11.6. The molecule has 10 nitrogen and oxygen atoms in total. The molecule has 0 bridgehead atoms. The average molecular weight is 600 g/mol. The Bertz CT molecular complexity index is 1890. The maximum Gasteiger partial charge on any atom is 0.496 e. The van der Waals surface area contributed by atoms with Crippen molar-refractivity contribution in [3.63, 3.8) is 0 Å². The number of hydrogen-bond acceptors (Lipinski definition) is 8. The molecule has 214 valence electrons. The summed E-state index contributed by atoms with van der Waals surface area (Å²) in [4.78, 5) is 27.2. The van der Waals surface area contributed by atoms with E-state index in [0.717, 1.165) is 11.1 Å². The van der Waals surface area contributed by atoms with Gasteiger partial charge in [0.15, 0.2) is 11.2 Å². The lowest BCUT2D eigenvalue weighted by molar-refractivity contribution is 0.00578. The van der Waals surface area contributed by atoms with Gasteiger partial charge in [0.25, 0.3) is 0 Å². The molecule has 1 fully saturated rings. The number of aliphatic hydroxyl groups excluding tert-OH is 1. The normalized spacial score (nSPS) is 15.9. The number of oxazole rings is 2. The van der Waals surface area contributed by atoms with Crippen molar-refractivity contribution in [2.24, 2.45) is 14.1 Å². The third kappa shape index (κ3) is 5.13. The number of aryl methyl sites for hydroxylation is 2. The van der Waals surface area contributed by atoms with Gasteiger partial charge in [-0.1, -0.05) is 23.2 Å². The van der Waals surface area contributed by atoms with Crippen LogP contribution in [0.2, 0.25) is 10.0 Å². The highest BCUT2D eigenvalue weighted by atomic mass is 35.5. The third-order valence-electron chi connectivity index (χ3n) is 7.67. The lowest BCUT2D eigenvalue weighted by atomic mass is 9.79. The van der Waals surface area contributed by atoms with E-state index in [1.807, 2.05) is 27.7 Å². The summed E-state index contributed by atoms with van der Waals surface area (Å²) < 4.78 is 25.0. The Balaban J connectivity index is 0.000000165. The highest BCUT2D eigenvalue weighted by Gasteiger charge is 2.52. The summed E-state index contributed by atoms with van der Waals surface area (Å²) in [5.74, 6) is -0.867. The van der Waals surface area contributed by atoms with Crippen LogP contribution < -0.4 is 17.0 Å². The number of nitrogens with zero attached hydrogens (tertiary/aromatic N) is 3. The maximum absolute atomic E-state index is 11.6. The van der Waals surface area contributed by atoms with Crippen LogP contribution in [-0.2, 0) is 30.0 Å². The van der Waals surface area contributed by atoms with Gasteiger partial charge in [-0.2, -0.15) is 0 Å². The van der Waals surface area contributed by atoms with Crippen LogP contribution in [0, 0.1) is 0 Å². The van der Waals surface area contributed by atoms with Crippen molar-refractivity contribution >= 4 is 58.0 Å². The number of aromatic nitrogens is 3. The highest BCUT2D eigenvalue weighted by Crippen LogP contribution is 2.37. The smallest absolute Gasteiger partial charge is 0.408 e. The molecule has 0 spiro atoms. The second-order valence-electron chi connectivity index (χ2n) is 10.8. The van der Waals surface area contributed by atoms with E-state index in [-0.39, 0.29) is 6.61 Å². The summed E-state index contributed by atoms with van der Waals surface area (Å²) in [6.45, 7) is 7.80. The number of hydrogen-bond donors (Lipinski definition) is 1. The van der Waals surface area contributed by atoms with Crippen molar-refractivity contribution in [2.75, 3.05) is 0 Å².